The smallest absolute Gasteiger partial charge is 0.326 e. The van der Waals surface area contributed by atoms with E-state index in [1.54, 1.807) is 36.4 Å². The van der Waals surface area contributed by atoms with Crippen molar-refractivity contribution in [2.45, 2.75) is 32.9 Å². The largest absolute Gasteiger partial charge is 0.507 e. The lowest BCUT2D eigenvalue weighted by atomic mass is 10.0. The van der Waals surface area contributed by atoms with Gasteiger partial charge in [-0.1, -0.05) is 32.0 Å². The lowest BCUT2D eigenvalue weighted by Gasteiger charge is -2.16. The van der Waals surface area contributed by atoms with Crippen LogP contribution in [0.15, 0.2) is 42.5 Å². The fourth-order valence-electron chi connectivity index (χ4n) is 2.62. The van der Waals surface area contributed by atoms with E-state index < -0.39 is 17.9 Å². The van der Waals surface area contributed by atoms with Crippen LogP contribution < -0.4 is 10.1 Å². The van der Waals surface area contributed by atoms with Gasteiger partial charge in [0.1, 0.15) is 24.1 Å². The van der Waals surface area contributed by atoms with Crippen LogP contribution in [0.4, 0.5) is 0 Å². The third-order valence-electron chi connectivity index (χ3n) is 4.08. The molecule has 0 aliphatic carbocycles. The SMILES string of the molecule is CC(C)C[C@H](NC(=O)c1ccc(COc2cccc(O)c2C=O)cc1)C(=O)O. The molecule has 28 heavy (non-hydrogen) atoms. The number of amides is 1. The first-order valence-corrected chi connectivity index (χ1v) is 8.84. The van der Waals surface area contributed by atoms with Gasteiger partial charge in [0, 0.05) is 5.56 Å². The van der Waals surface area contributed by atoms with Crippen molar-refractivity contribution in [1.82, 2.24) is 5.32 Å². The molecule has 1 amide bonds. The highest BCUT2D eigenvalue weighted by molar-refractivity contribution is 5.96. The average molecular weight is 385 g/mol. The van der Waals surface area contributed by atoms with Gasteiger partial charge in [0.15, 0.2) is 6.29 Å². The molecule has 0 aliphatic heterocycles. The van der Waals surface area contributed by atoms with Gasteiger partial charge in [-0.2, -0.15) is 0 Å². The third-order valence-corrected chi connectivity index (χ3v) is 4.08. The molecule has 0 saturated heterocycles. The molecule has 148 valence electrons. The summed E-state index contributed by atoms with van der Waals surface area (Å²) < 4.78 is 5.57. The van der Waals surface area contributed by atoms with Crippen LogP contribution >= 0.6 is 0 Å². The fourth-order valence-corrected chi connectivity index (χ4v) is 2.62. The lowest BCUT2D eigenvalue weighted by molar-refractivity contribution is -0.139. The second kappa shape index (κ2) is 9.55. The maximum Gasteiger partial charge on any atom is 0.326 e. The molecule has 0 spiro atoms. The van der Waals surface area contributed by atoms with Crippen LogP contribution in [0.2, 0.25) is 0 Å². The van der Waals surface area contributed by atoms with Crippen LogP contribution in [0, 0.1) is 5.92 Å². The van der Waals surface area contributed by atoms with Gasteiger partial charge in [0.2, 0.25) is 0 Å². The number of hydrogen-bond acceptors (Lipinski definition) is 5. The summed E-state index contributed by atoms with van der Waals surface area (Å²) in [5.74, 6) is -1.29. The van der Waals surface area contributed by atoms with Gasteiger partial charge in [-0.25, -0.2) is 4.79 Å². The first-order chi connectivity index (χ1) is 13.3. The average Bonchev–Trinajstić information content (AvgIpc) is 2.65. The van der Waals surface area contributed by atoms with Crippen molar-refractivity contribution in [3.05, 3.63) is 59.2 Å². The molecule has 1 atom stereocenters. The van der Waals surface area contributed by atoms with Crippen molar-refractivity contribution in [3.63, 3.8) is 0 Å². The Bertz CT molecular complexity index is 844. The summed E-state index contributed by atoms with van der Waals surface area (Å²) in [5, 5.41) is 21.4. The highest BCUT2D eigenvalue weighted by Gasteiger charge is 2.21. The van der Waals surface area contributed by atoms with E-state index in [0.29, 0.717) is 18.3 Å². The highest BCUT2D eigenvalue weighted by Crippen LogP contribution is 2.26. The van der Waals surface area contributed by atoms with Crippen LogP contribution in [-0.4, -0.2) is 34.4 Å². The first-order valence-electron chi connectivity index (χ1n) is 8.84. The summed E-state index contributed by atoms with van der Waals surface area (Å²) in [7, 11) is 0. The number of ether oxygens (including phenoxy) is 1. The molecule has 3 N–H and O–H groups in total. The summed E-state index contributed by atoms with van der Waals surface area (Å²) in [6.07, 6.45) is 0.865. The number of nitrogens with one attached hydrogen (secondary N) is 1. The zero-order valence-electron chi connectivity index (χ0n) is 15.7. The molecule has 0 unspecified atom stereocenters. The Morgan fingerprint density at radius 1 is 1.14 bits per heavy atom. The van der Waals surface area contributed by atoms with Gasteiger partial charge in [-0.3, -0.25) is 9.59 Å². The zero-order chi connectivity index (χ0) is 20.7. The molecular weight excluding hydrogens is 362 g/mol. The van der Waals surface area contributed by atoms with Gasteiger partial charge in [0.25, 0.3) is 5.91 Å². The topological polar surface area (TPSA) is 113 Å². The van der Waals surface area contributed by atoms with Crippen LogP contribution in [0.5, 0.6) is 11.5 Å². The number of aliphatic carboxylic acids is 1. The minimum atomic E-state index is -1.07. The molecule has 7 nitrogen and oxygen atoms in total. The van der Waals surface area contributed by atoms with E-state index in [1.165, 1.54) is 6.07 Å². The quantitative estimate of drug-likeness (QED) is 0.572. The standard InChI is InChI=1S/C21H23NO6/c1-13(2)10-17(21(26)27)22-20(25)15-8-6-14(7-9-15)12-28-19-5-3-4-18(24)16(19)11-23/h3-9,11,13,17,24H,10,12H2,1-2H3,(H,22,25)(H,26,27)/t17-/m0/s1. The van der Waals surface area contributed by atoms with Crippen LogP contribution in [-0.2, 0) is 11.4 Å². The monoisotopic (exact) mass is 385 g/mol. The number of hydrogen-bond donors (Lipinski definition) is 3. The Hall–Kier alpha value is -3.35. The van der Waals surface area contributed by atoms with Crippen LogP contribution in [0.25, 0.3) is 0 Å². The number of rotatable bonds is 9. The number of aromatic hydroxyl groups is 1. The minimum absolute atomic E-state index is 0.0726. The van der Waals surface area contributed by atoms with Gasteiger partial charge in [0.05, 0.1) is 5.56 Å². The molecule has 2 aromatic rings. The Kier molecular flexibility index (Phi) is 7.14. The summed E-state index contributed by atoms with van der Waals surface area (Å²) in [4.78, 5) is 34.6. The molecule has 0 fully saturated rings. The Morgan fingerprint density at radius 2 is 1.82 bits per heavy atom. The van der Waals surface area contributed by atoms with Crippen LogP contribution in [0.1, 0.15) is 46.5 Å². The van der Waals surface area contributed by atoms with E-state index in [2.05, 4.69) is 5.32 Å². The van der Waals surface area contributed by atoms with Crippen LogP contribution in [0.3, 0.4) is 0 Å². The molecular formula is C21H23NO6. The van der Waals surface area contributed by atoms with Crippen molar-refractivity contribution in [2.24, 2.45) is 5.92 Å². The molecule has 0 heterocycles. The van der Waals surface area contributed by atoms with Gasteiger partial charge >= 0.3 is 5.97 Å². The van der Waals surface area contributed by atoms with E-state index in [-0.39, 0.29) is 29.6 Å². The number of carboxylic acids is 1. The lowest BCUT2D eigenvalue weighted by Crippen LogP contribution is -2.41. The predicted octanol–water partition coefficient (Wildman–Crippen LogP) is 3.01. The van der Waals surface area contributed by atoms with Crippen molar-refractivity contribution >= 4 is 18.2 Å². The minimum Gasteiger partial charge on any atom is -0.507 e. The number of benzene rings is 2. The second-order valence-electron chi connectivity index (χ2n) is 6.79. The molecule has 0 saturated carbocycles. The van der Waals surface area contributed by atoms with Crippen molar-refractivity contribution < 1.29 is 29.3 Å². The molecule has 7 heteroatoms. The Balaban J connectivity index is 2.01. The predicted molar refractivity (Wildman–Crippen MR) is 103 cm³/mol. The van der Waals surface area contributed by atoms with E-state index in [4.69, 9.17) is 4.74 Å². The Morgan fingerprint density at radius 3 is 2.39 bits per heavy atom. The fraction of sp³-hybridized carbons (Fsp3) is 0.286. The molecule has 2 rings (SSSR count). The maximum atomic E-state index is 12.3. The van der Waals surface area contributed by atoms with Crippen molar-refractivity contribution in [3.8, 4) is 11.5 Å². The molecule has 0 bridgehead atoms. The van der Waals surface area contributed by atoms with Gasteiger partial charge in [-0.15, -0.1) is 0 Å². The number of carboxylic acid groups (broad SMARTS) is 1. The van der Waals surface area contributed by atoms with E-state index in [9.17, 15) is 24.6 Å². The zero-order valence-corrected chi connectivity index (χ0v) is 15.7. The third kappa shape index (κ3) is 5.57. The second-order valence-corrected chi connectivity index (χ2v) is 6.79. The highest BCUT2D eigenvalue weighted by atomic mass is 16.5. The van der Waals surface area contributed by atoms with Crippen molar-refractivity contribution in [1.29, 1.82) is 0 Å². The van der Waals surface area contributed by atoms with E-state index >= 15 is 0 Å². The van der Waals surface area contributed by atoms with E-state index in [1.807, 2.05) is 13.8 Å². The van der Waals surface area contributed by atoms with Crippen molar-refractivity contribution in [2.75, 3.05) is 0 Å². The maximum absolute atomic E-state index is 12.3. The number of aldehydes is 1. The van der Waals surface area contributed by atoms with E-state index in [0.717, 1.165) is 5.56 Å². The number of carbonyl (C=O) groups is 3. The Labute approximate surface area is 163 Å². The normalized spacial score (nSPS) is 11.7. The summed E-state index contributed by atoms with van der Waals surface area (Å²) in [6.45, 7) is 3.91. The molecule has 0 aromatic heterocycles. The molecule has 2 aromatic carbocycles. The van der Waals surface area contributed by atoms with Gasteiger partial charge < -0.3 is 20.3 Å². The van der Waals surface area contributed by atoms with Gasteiger partial charge in [-0.05, 0) is 42.2 Å². The number of carbonyl (C=O) groups excluding carboxylic acids is 2. The molecule has 0 radical (unpaired) electrons. The molecule has 0 aliphatic rings. The summed E-state index contributed by atoms with van der Waals surface area (Å²) in [6, 6.07) is 10.1. The number of phenols is 1. The summed E-state index contributed by atoms with van der Waals surface area (Å²) in [5.41, 5.74) is 1.15. The first kappa shape index (κ1) is 21.0. The number of phenolic OH excluding ortho intramolecular Hbond substituents is 1. The summed E-state index contributed by atoms with van der Waals surface area (Å²) >= 11 is 0.